The zero-order valence-corrected chi connectivity index (χ0v) is 11.3. The van der Waals surface area contributed by atoms with E-state index in [4.69, 9.17) is 5.11 Å². The number of benzene rings is 1. The van der Waals surface area contributed by atoms with Gasteiger partial charge in [-0.3, -0.25) is 4.79 Å². The summed E-state index contributed by atoms with van der Waals surface area (Å²) in [6.45, 7) is 3.07. The molecule has 0 aliphatic rings. The summed E-state index contributed by atoms with van der Waals surface area (Å²) in [6, 6.07) is 12.7. The van der Waals surface area contributed by atoms with Crippen LogP contribution in [0.5, 0.6) is 0 Å². The van der Waals surface area contributed by atoms with Crippen LogP contribution in [0.25, 0.3) is 10.9 Å². The standard InChI is InChI=1S/C16H19NO2/c1-13-10-11-14-7-4-5-8-15(14)17(13)12-6-2-3-9-16(18)19/h4-5,7-8,10-11H,2-3,6,9,12H2,1H3/p+1. The summed E-state index contributed by atoms with van der Waals surface area (Å²) < 4.78 is 2.32. The lowest BCUT2D eigenvalue weighted by molar-refractivity contribution is -0.677. The van der Waals surface area contributed by atoms with Gasteiger partial charge in [0.1, 0.15) is 6.54 Å². The normalized spacial score (nSPS) is 10.8. The molecule has 100 valence electrons. The zero-order chi connectivity index (χ0) is 13.7. The fourth-order valence-corrected chi connectivity index (χ4v) is 2.38. The molecule has 1 N–H and O–H groups in total. The second kappa shape index (κ2) is 6.32. The molecule has 0 atom stereocenters. The first kappa shape index (κ1) is 13.5. The minimum atomic E-state index is -0.700. The monoisotopic (exact) mass is 258 g/mol. The lowest BCUT2D eigenvalue weighted by Gasteiger charge is -2.04. The molecule has 0 saturated heterocycles. The lowest BCUT2D eigenvalue weighted by atomic mass is 10.1. The third-order valence-electron chi connectivity index (χ3n) is 3.43. The molecular formula is C16H20NO2+. The van der Waals surface area contributed by atoms with E-state index in [0.29, 0.717) is 0 Å². The third-order valence-corrected chi connectivity index (χ3v) is 3.43. The van der Waals surface area contributed by atoms with Gasteiger partial charge < -0.3 is 5.11 Å². The number of para-hydroxylation sites is 1. The van der Waals surface area contributed by atoms with Crippen molar-refractivity contribution in [3.8, 4) is 0 Å². The molecule has 0 aliphatic heterocycles. The first-order chi connectivity index (χ1) is 9.18. The maximum atomic E-state index is 10.5. The van der Waals surface area contributed by atoms with Crippen molar-refractivity contribution >= 4 is 16.9 Å². The molecule has 0 fully saturated rings. The van der Waals surface area contributed by atoms with Crippen molar-refractivity contribution in [1.82, 2.24) is 0 Å². The molecule has 0 spiro atoms. The summed E-state index contributed by atoms with van der Waals surface area (Å²) in [5.74, 6) is -0.700. The zero-order valence-electron chi connectivity index (χ0n) is 11.3. The number of aliphatic carboxylic acids is 1. The summed E-state index contributed by atoms with van der Waals surface area (Å²) in [7, 11) is 0. The molecule has 3 heteroatoms. The Morgan fingerprint density at radius 3 is 2.68 bits per heavy atom. The summed E-state index contributed by atoms with van der Waals surface area (Å²) in [4.78, 5) is 10.5. The van der Waals surface area contributed by atoms with Gasteiger partial charge in [0.25, 0.3) is 0 Å². The number of fused-ring (bicyclic) bond motifs is 1. The Balaban J connectivity index is 2.03. The van der Waals surface area contributed by atoms with E-state index in [0.717, 1.165) is 25.8 Å². The van der Waals surface area contributed by atoms with Crippen molar-refractivity contribution in [1.29, 1.82) is 0 Å². The number of carboxylic acids is 1. The van der Waals surface area contributed by atoms with E-state index in [1.807, 2.05) is 0 Å². The largest absolute Gasteiger partial charge is 0.481 e. The Morgan fingerprint density at radius 2 is 1.89 bits per heavy atom. The summed E-state index contributed by atoms with van der Waals surface area (Å²) in [5.41, 5.74) is 2.50. The number of rotatable bonds is 6. The van der Waals surface area contributed by atoms with Crippen LogP contribution in [0.1, 0.15) is 31.4 Å². The molecule has 2 rings (SSSR count). The minimum absolute atomic E-state index is 0.277. The smallest absolute Gasteiger partial charge is 0.303 e. The average Bonchev–Trinajstić information content (AvgIpc) is 2.40. The molecule has 0 unspecified atom stereocenters. The van der Waals surface area contributed by atoms with Crippen molar-refractivity contribution in [2.24, 2.45) is 0 Å². The third kappa shape index (κ3) is 3.53. The highest BCUT2D eigenvalue weighted by atomic mass is 16.4. The van der Waals surface area contributed by atoms with Gasteiger partial charge in [0.2, 0.25) is 5.52 Å². The average molecular weight is 258 g/mol. The second-order valence-electron chi connectivity index (χ2n) is 4.89. The van der Waals surface area contributed by atoms with E-state index in [1.165, 1.54) is 16.6 Å². The Hall–Kier alpha value is -1.90. The number of hydrogen-bond donors (Lipinski definition) is 1. The van der Waals surface area contributed by atoms with Crippen molar-refractivity contribution in [3.63, 3.8) is 0 Å². The van der Waals surface area contributed by atoms with Crippen LogP contribution in [-0.4, -0.2) is 11.1 Å². The molecule has 0 saturated carbocycles. The van der Waals surface area contributed by atoms with Crippen molar-refractivity contribution in [2.45, 2.75) is 39.2 Å². The van der Waals surface area contributed by atoms with Gasteiger partial charge in [-0.15, -0.1) is 0 Å². The predicted molar refractivity (Wildman–Crippen MR) is 75.0 cm³/mol. The maximum absolute atomic E-state index is 10.5. The molecule has 3 nitrogen and oxygen atoms in total. The first-order valence-electron chi connectivity index (χ1n) is 6.78. The quantitative estimate of drug-likeness (QED) is 0.639. The molecule has 1 aromatic carbocycles. The van der Waals surface area contributed by atoms with Gasteiger partial charge in [-0.25, -0.2) is 0 Å². The van der Waals surface area contributed by atoms with Crippen LogP contribution < -0.4 is 4.57 Å². The first-order valence-corrected chi connectivity index (χ1v) is 6.78. The number of carboxylic acid groups (broad SMARTS) is 1. The van der Waals surface area contributed by atoms with E-state index in [-0.39, 0.29) is 6.42 Å². The maximum Gasteiger partial charge on any atom is 0.303 e. The van der Waals surface area contributed by atoms with E-state index in [9.17, 15) is 4.79 Å². The number of carbonyl (C=O) groups is 1. The fourth-order valence-electron chi connectivity index (χ4n) is 2.38. The van der Waals surface area contributed by atoms with Crippen LogP contribution in [0.15, 0.2) is 36.4 Å². The number of pyridine rings is 1. The molecule has 0 bridgehead atoms. The van der Waals surface area contributed by atoms with Gasteiger partial charge in [0.05, 0.1) is 0 Å². The van der Waals surface area contributed by atoms with Crippen LogP contribution in [0.2, 0.25) is 0 Å². The van der Waals surface area contributed by atoms with Crippen molar-refractivity contribution in [3.05, 3.63) is 42.1 Å². The van der Waals surface area contributed by atoms with Crippen molar-refractivity contribution < 1.29 is 14.5 Å². The van der Waals surface area contributed by atoms with Crippen LogP contribution in [0.3, 0.4) is 0 Å². The molecule has 0 amide bonds. The SMILES string of the molecule is Cc1ccc2ccccc2[n+]1CCCCCC(=O)O. The molecule has 0 aliphatic carbocycles. The number of unbranched alkanes of at least 4 members (excludes halogenated alkanes) is 2. The fraction of sp³-hybridized carbons (Fsp3) is 0.375. The van der Waals surface area contributed by atoms with Crippen molar-refractivity contribution in [2.75, 3.05) is 0 Å². The number of aromatic nitrogens is 1. The summed E-state index contributed by atoms with van der Waals surface area (Å²) in [6.07, 6.45) is 3.02. The van der Waals surface area contributed by atoms with Gasteiger partial charge in [-0.1, -0.05) is 12.1 Å². The van der Waals surface area contributed by atoms with Crippen LogP contribution in [0.4, 0.5) is 0 Å². The van der Waals surface area contributed by atoms with Gasteiger partial charge in [0.15, 0.2) is 5.69 Å². The highest BCUT2D eigenvalue weighted by Gasteiger charge is 2.11. The van der Waals surface area contributed by atoms with Gasteiger partial charge in [-0.2, -0.15) is 4.57 Å². The highest BCUT2D eigenvalue weighted by molar-refractivity contribution is 5.75. The molecular weight excluding hydrogens is 238 g/mol. The Kier molecular flexibility index (Phi) is 4.50. The van der Waals surface area contributed by atoms with E-state index in [2.05, 4.69) is 47.9 Å². The van der Waals surface area contributed by atoms with E-state index in [1.54, 1.807) is 0 Å². The number of aryl methyl sites for hydroxylation is 2. The minimum Gasteiger partial charge on any atom is -0.481 e. The number of nitrogens with zero attached hydrogens (tertiary/aromatic N) is 1. The second-order valence-corrected chi connectivity index (χ2v) is 4.89. The Bertz CT molecular complexity index is 578. The van der Waals surface area contributed by atoms with Gasteiger partial charge in [0, 0.05) is 37.3 Å². The van der Waals surface area contributed by atoms with Gasteiger partial charge in [-0.05, 0) is 25.0 Å². The molecule has 1 aromatic heterocycles. The van der Waals surface area contributed by atoms with E-state index >= 15 is 0 Å². The molecule has 19 heavy (non-hydrogen) atoms. The molecule has 0 radical (unpaired) electrons. The van der Waals surface area contributed by atoms with Crippen LogP contribution >= 0.6 is 0 Å². The summed E-state index contributed by atoms with van der Waals surface area (Å²) >= 11 is 0. The predicted octanol–water partition coefficient (Wildman–Crippen LogP) is 3.08. The topological polar surface area (TPSA) is 41.2 Å². The summed E-state index contributed by atoms with van der Waals surface area (Å²) in [5, 5.41) is 9.86. The number of hydrogen-bond acceptors (Lipinski definition) is 1. The van der Waals surface area contributed by atoms with E-state index < -0.39 is 5.97 Å². The molecule has 2 aromatic rings. The van der Waals surface area contributed by atoms with Gasteiger partial charge >= 0.3 is 5.97 Å². The molecule has 1 heterocycles. The Morgan fingerprint density at radius 1 is 1.11 bits per heavy atom. The van der Waals surface area contributed by atoms with Crippen LogP contribution in [0, 0.1) is 6.92 Å². The highest BCUT2D eigenvalue weighted by Crippen LogP contribution is 2.11. The van der Waals surface area contributed by atoms with Crippen LogP contribution in [-0.2, 0) is 11.3 Å². The lowest BCUT2D eigenvalue weighted by Crippen LogP contribution is -2.37. The Labute approximate surface area is 113 Å².